The summed E-state index contributed by atoms with van der Waals surface area (Å²) in [6.45, 7) is 6.88. The van der Waals surface area contributed by atoms with Crippen LogP contribution in [0.3, 0.4) is 0 Å². The third-order valence-electron chi connectivity index (χ3n) is 6.54. The molecule has 1 saturated heterocycles. The Morgan fingerprint density at radius 2 is 1.68 bits per heavy atom. The second-order valence-corrected chi connectivity index (χ2v) is 10.1. The van der Waals surface area contributed by atoms with Crippen LogP contribution < -0.4 is 21.9 Å². The Bertz CT molecular complexity index is 1390. The van der Waals surface area contributed by atoms with Crippen LogP contribution in [0.1, 0.15) is 37.0 Å². The number of nitrogens with zero attached hydrogens (tertiary/aromatic N) is 3. The van der Waals surface area contributed by atoms with E-state index in [2.05, 4.69) is 4.98 Å². The zero-order valence-corrected chi connectivity index (χ0v) is 21.4. The van der Waals surface area contributed by atoms with E-state index in [4.69, 9.17) is 5.73 Å². The molecule has 9 nitrogen and oxygen atoms in total. The Morgan fingerprint density at radius 3 is 2.32 bits per heavy atom. The second-order valence-electron chi connectivity index (χ2n) is 10.1. The summed E-state index contributed by atoms with van der Waals surface area (Å²) in [6, 6.07) is 17.2. The molecule has 0 bridgehead atoms. The fraction of sp³-hybridized carbons (Fsp3) is 0.357. The molecule has 0 spiro atoms. The molecule has 2 amide bonds. The van der Waals surface area contributed by atoms with Crippen molar-refractivity contribution in [1.82, 2.24) is 14.5 Å². The van der Waals surface area contributed by atoms with Gasteiger partial charge in [0.2, 0.25) is 11.8 Å². The summed E-state index contributed by atoms with van der Waals surface area (Å²) in [6.07, 6.45) is 0.0563. The Labute approximate surface area is 215 Å². The van der Waals surface area contributed by atoms with E-state index in [1.807, 2.05) is 75.4 Å². The van der Waals surface area contributed by atoms with Gasteiger partial charge in [0.15, 0.2) is 5.69 Å². The highest BCUT2D eigenvalue weighted by molar-refractivity contribution is 6.00. The summed E-state index contributed by atoms with van der Waals surface area (Å²) in [5, 5.41) is 0. The molecule has 0 unspecified atom stereocenters. The number of H-pyrrole nitrogens is 1. The van der Waals surface area contributed by atoms with Gasteiger partial charge in [-0.3, -0.25) is 23.9 Å². The van der Waals surface area contributed by atoms with Crippen molar-refractivity contribution < 1.29 is 9.59 Å². The average Bonchev–Trinajstić information content (AvgIpc) is 3.22. The van der Waals surface area contributed by atoms with E-state index in [1.54, 1.807) is 4.90 Å². The maximum absolute atomic E-state index is 13.8. The zero-order valence-electron chi connectivity index (χ0n) is 21.4. The molecule has 1 aliphatic rings. The predicted octanol–water partition coefficient (Wildman–Crippen LogP) is 2.51. The number of anilines is 2. The number of nitrogen functional groups attached to an aromatic ring is 1. The first kappa shape index (κ1) is 25.9. The van der Waals surface area contributed by atoms with Crippen molar-refractivity contribution in [3.05, 3.63) is 92.1 Å². The fourth-order valence-corrected chi connectivity index (χ4v) is 4.64. The van der Waals surface area contributed by atoms with Gasteiger partial charge in [-0.1, -0.05) is 74.0 Å². The Kier molecular flexibility index (Phi) is 7.61. The summed E-state index contributed by atoms with van der Waals surface area (Å²) in [7, 11) is 0. The Balaban J connectivity index is 1.63. The lowest BCUT2D eigenvalue weighted by Gasteiger charge is -2.28. The molecule has 2 aromatic carbocycles. The molecule has 9 heteroatoms. The van der Waals surface area contributed by atoms with Gasteiger partial charge in [0.1, 0.15) is 5.82 Å². The summed E-state index contributed by atoms with van der Waals surface area (Å²) in [4.78, 5) is 57.5. The number of benzene rings is 2. The highest BCUT2D eigenvalue weighted by atomic mass is 16.2. The van der Waals surface area contributed by atoms with Crippen LogP contribution >= 0.6 is 0 Å². The van der Waals surface area contributed by atoms with E-state index in [-0.39, 0.29) is 55.3 Å². The molecule has 0 saturated carbocycles. The monoisotopic (exact) mass is 503 g/mol. The third-order valence-corrected chi connectivity index (χ3v) is 6.54. The summed E-state index contributed by atoms with van der Waals surface area (Å²) >= 11 is 0. The maximum Gasteiger partial charge on any atom is 0.330 e. The zero-order chi connectivity index (χ0) is 26.7. The van der Waals surface area contributed by atoms with E-state index in [9.17, 15) is 19.2 Å². The minimum atomic E-state index is -0.721. The molecule has 194 valence electrons. The quantitative estimate of drug-likeness (QED) is 0.489. The van der Waals surface area contributed by atoms with Gasteiger partial charge in [0.05, 0.1) is 12.5 Å². The summed E-state index contributed by atoms with van der Waals surface area (Å²) in [5.41, 5.74) is 7.90. The Morgan fingerprint density at radius 1 is 1.03 bits per heavy atom. The second kappa shape index (κ2) is 10.9. The van der Waals surface area contributed by atoms with Crippen molar-refractivity contribution in [2.24, 2.45) is 11.8 Å². The van der Waals surface area contributed by atoms with Crippen molar-refractivity contribution in [2.75, 3.05) is 23.7 Å². The lowest BCUT2D eigenvalue weighted by Crippen LogP contribution is -2.45. The van der Waals surface area contributed by atoms with Gasteiger partial charge in [-0.15, -0.1) is 0 Å². The van der Waals surface area contributed by atoms with E-state index >= 15 is 0 Å². The first-order valence-electron chi connectivity index (χ1n) is 12.4. The number of aryl methyl sites for hydroxylation is 1. The number of hydrogen-bond donors (Lipinski definition) is 2. The largest absolute Gasteiger partial charge is 0.383 e. The van der Waals surface area contributed by atoms with Gasteiger partial charge < -0.3 is 15.5 Å². The number of nitrogens with one attached hydrogen (secondary N) is 1. The van der Waals surface area contributed by atoms with Crippen molar-refractivity contribution >= 4 is 23.3 Å². The molecule has 3 aromatic rings. The van der Waals surface area contributed by atoms with E-state index in [0.29, 0.717) is 6.54 Å². The van der Waals surface area contributed by atoms with Crippen molar-refractivity contribution in [3.8, 4) is 0 Å². The lowest BCUT2D eigenvalue weighted by molar-refractivity contribution is -0.128. The highest BCUT2D eigenvalue weighted by Gasteiger charge is 2.38. The molecule has 1 aromatic heterocycles. The number of rotatable bonds is 8. The van der Waals surface area contributed by atoms with Crippen LogP contribution in [0.15, 0.2) is 64.2 Å². The molecule has 0 aliphatic carbocycles. The smallest absolute Gasteiger partial charge is 0.330 e. The topological polar surface area (TPSA) is 122 Å². The van der Waals surface area contributed by atoms with Gasteiger partial charge in [-0.05, 0) is 24.0 Å². The highest BCUT2D eigenvalue weighted by Crippen LogP contribution is 2.27. The number of aromatic amines is 1. The van der Waals surface area contributed by atoms with Crippen LogP contribution in [0.5, 0.6) is 0 Å². The normalized spacial score (nSPS) is 15.4. The standard InChI is InChI=1S/C28H33N5O4/c1-18(2)14-32(24-25(29)33(28(37)30-26(24)35)16-20-7-5-4-6-8-20)27(36)22-13-23(34)31(17-22)15-21-11-9-19(3)10-12-21/h4-12,18,22H,13-17,29H2,1-3H3,(H,30,35,37)/t22-/m1/s1. The van der Waals surface area contributed by atoms with Crippen LogP contribution in [0.4, 0.5) is 11.5 Å². The number of carbonyl (C=O) groups excluding carboxylic acids is 2. The van der Waals surface area contributed by atoms with Crippen molar-refractivity contribution in [3.63, 3.8) is 0 Å². The first-order chi connectivity index (χ1) is 17.6. The summed E-state index contributed by atoms with van der Waals surface area (Å²) in [5.74, 6) is -1.15. The van der Waals surface area contributed by atoms with Crippen molar-refractivity contribution in [2.45, 2.75) is 40.3 Å². The molecule has 1 fully saturated rings. The first-order valence-corrected chi connectivity index (χ1v) is 12.4. The number of aromatic nitrogens is 2. The van der Waals surface area contributed by atoms with Crippen LogP contribution in [-0.4, -0.2) is 39.4 Å². The molecule has 4 rings (SSSR count). The predicted molar refractivity (Wildman–Crippen MR) is 143 cm³/mol. The fourth-order valence-electron chi connectivity index (χ4n) is 4.64. The molecular formula is C28H33N5O4. The molecule has 37 heavy (non-hydrogen) atoms. The van der Waals surface area contributed by atoms with E-state index in [1.165, 1.54) is 9.47 Å². The minimum Gasteiger partial charge on any atom is -0.383 e. The maximum atomic E-state index is 13.8. The van der Waals surface area contributed by atoms with Crippen LogP contribution in [0.2, 0.25) is 0 Å². The van der Waals surface area contributed by atoms with E-state index in [0.717, 1.165) is 16.7 Å². The van der Waals surface area contributed by atoms with Crippen LogP contribution in [0, 0.1) is 18.8 Å². The third kappa shape index (κ3) is 5.82. The number of hydrogen-bond acceptors (Lipinski definition) is 5. The number of amides is 2. The molecule has 2 heterocycles. The van der Waals surface area contributed by atoms with Crippen LogP contribution in [-0.2, 0) is 22.7 Å². The van der Waals surface area contributed by atoms with Crippen molar-refractivity contribution in [1.29, 1.82) is 0 Å². The SMILES string of the molecule is Cc1ccc(CN2C[C@H](C(=O)N(CC(C)C)c3c(N)n(Cc4ccccc4)c(=O)[nH]c3=O)CC2=O)cc1. The molecule has 3 N–H and O–H groups in total. The van der Waals surface area contributed by atoms with Crippen LogP contribution in [0.25, 0.3) is 0 Å². The van der Waals surface area contributed by atoms with Gasteiger partial charge in [0.25, 0.3) is 5.56 Å². The molecule has 1 aliphatic heterocycles. The van der Waals surface area contributed by atoms with Gasteiger partial charge in [-0.25, -0.2) is 4.79 Å². The average molecular weight is 504 g/mol. The lowest BCUT2D eigenvalue weighted by atomic mass is 10.1. The van der Waals surface area contributed by atoms with E-state index < -0.39 is 17.2 Å². The minimum absolute atomic E-state index is 0.0121. The summed E-state index contributed by atoms with van der Waals surface area (Å²) < 4.78 is 1.26. The molecule has 0 radical (unpaired) electrons. The van der Waals surface area contributed by atoms with Gasteiger partial charge >= 0.3 is 5.69 Å². The van der Waals surface area contributed by atoms with Gasteiger partial charge in [0, 0.05) is 26.1 Å². The molecule has 1 atom stereocenters. The molecular weight excluding hydrogens is 470 g/mol. The number of likely N-dealkylation sites (tertiary alicyclic amines) is 1. The number of carbonyl (C=O) groups is 2. The number of nitrogens with two attached hydrogens (primary N) is 1. The Hall–Kier alpha value is -4.14. The van der Waals surface area contributed by atoms with Gasteiger partial charge in [-0.2, -0.15) is 0 Å².